The van der Waals surface area contributed by atoms with Gasteiger partial charge >= 0.3 is 0 Å². The summed E-state index contributed by atoms with van der Waals surface area (Å²) >= 11 is 0. The summed E-state index contributed by atoms with van der Waals surface area (Å²) in [5.74, 6) is 0. The molecule has 0 saturated carbocycles. The van der Waals surface area contributed by atoms with Gasteiger partial charge in [-0.15, -0.1) is 0 Å². The summed E-state index contributed by atoms with van der Waals surface area (Å²) in [6.07, 6.45) is 4.28. The fraction of sp³-hybridized carbons (Fsp3) is 1.00. The Labute approximate surface area is 94.7 Å². The minimum absolute atomic E-state index is 0.451. The number of hydrogen-bond acceptors (Lipinski definition) is 2. The molecule has 0 radical (unpaired) electrons. The fourth-order valence-corrected chi connectivity index (χ4v) is 2.60. The summed E-state index contributed by atoms with van der Waals surface area (Å²) in [6, 6.07) is 0. The molecule has 1 heterocycles. The molecule has 1 fully saturated rings. The molecule has 0 atom stereocenters. The van der Waals surface area contributed by atoms with Gasteiger partial charge in [0.2, 0.25) is 0 Å². The SMILES string of the molecule is CCC(O)(CC)CN1CC(CC)(CC)C1. The van der Waals surface area contributed by atoms with Crippen molar-refractivity contribution in [2.45, 2.75) is 59.0 Å². The van der Waals surface area contributed by atoms with Gasteiger partial charge < -0.3 is 5.11 Å². The van der Waals surface area contributed by atoms with Crippen molar-refractivity contribution in [3.63, 3.8) is 0 Å². The standard InChI is InChI=1S/C13H27NO/c1-5-12(6-2)9-14(10-12)11-13(15,7-3)8-4/h15H,5-11H2,1-4H3. The first-order valence-electron chi connectivity index (χ1n) is 6.48. The molecule has 0 amide bonds. The topological polar surface area (TPSA) is 23.5 Å². The number of likely N-dealkylation sites (tertiary alicyclic amines) is 1. The van der Waals surface area contributed by atoms with Gasteiger partial charge in [-0.25, -0.2) is 0 Å². The second-order valence-electron chi connectivity index (χ2n) is 5.28. The predicted octanol–water partition coefficient (Wildman–Crippen LogP) is 2.66. The van der Waals surface area contributed by atoms with Crippen LogP contribution in [0, 0.1) is 5.41 Å². The largest absolute Gasteiger partial charge is 0.389 e. The molecule has 0 aromatic carbocycles. The van der Waals surface area contributed by atoms with E-state index >= 15 is 0 Å². The molecule has 1 N–H and O–H groups in total. The summed E-state index contributed by atoms with van der Waals surface area (Å²) < 4.78 is 0. The van der Waals surface area contributed by atoms with Gasteiger partial charge in [0.1, 0.15) is 0 Å². The number of nitrogens with zero attached hydrogens (tertiary/aromatic N) is 1. The summed E-state index contributed by atoms with van der Waals surface area (Å²) in [4.78, 5) is 2.42. The van der Waals surface area contributed by atoms with Crippen LogP contribution in [-0.2, 0) is 0 Å². The zero-order valence-corrected chi connectivity index (χ0v) is 10.8. The molecule has 0 aromatic rings. The van der Waals surface area contributed by atoms with Crippen LogP contribution < -0.4 is 0 Å². The Kier molecular flexibility index (Phi) is 4.19. The van der Waals surface area contributed by atoms with Gasteiger partial charge in [0.25, 0.3) is 0 Å². The fourth-order valence-electron chi connectivity index (χ4n) is 2.60. The molecule has 1 rings (SSSR count). The summed E-state index contributed by atoms with van der Waals surface area (Å²) in [7, 11) is 0. The molecule has 15 heavy (non-hydrogen) atoms. The molecule has 2 nitrogen and oxygen atoms in total. The van der Waals surface area contributed by atoms with Crippen molar-refractivity contribution in [3.8, 4) is 0 Å². The Morgan fingerprint density at radius 2 is 1.53 bits per heavy atom. The third kappa shape index (κ3) is 2.73. The molecule has 0 bridgehead atoms. The van der Waals surface area contributed by atoms with Crippen LogP contribution in [-0.4, -0.2) is 35.2 Å². The molecular formula is C13H27NO. The lowest BCUT2D eigenvalue weighted by molar-refractivity contribution is -0.0742. The van der Waals surface area contributed by atoms with Gasteiger partial charge in [0.15, 0.2) is 0 Å². The van der Waals surface area contributed by atoms with Crippen LogP contribution in [0.3, 0.4) is 0 Å². The average molecular weight is 213 g/mol. The van der Waals surface area contributed by atoms with E-state index in [1.54, 1.807) is 0 Å². The van der Waals surface area contributed by atoms with E-state index in [1.165, 1.54) is 25.9 Å². The highest BCUT2D eigenvalue weighted by Crippen LogP contribution is 2.38. The molecule has 0 unspecified atom stereocenters. The Hall–Kier alpha value is -0.0800. The number of aliphatic hydroxyl groups is 1. The number of hydrogen-bond donors (Lipinski definition) is 1. The maximum Gasteiger partial charge on any atom is 0.0768 e. The van der Waals surface area contributed by atoms with Crippen molar-refractivity contribution in [2.75, 3.05) is 19.6 Å². The van der Waals surface area contributed by atoms with Crippen LogP contribution in [0.25, 0.3) is 0 Å². The summed E-state index contributed by atoms with van der Waals surface area (Å²) in [5.41, 5.74) is 0.107. The van der Waals surface area contributed by atoms with E-state index in [1.807, 2.05) is 0 Å². The van der Waals surface area contributed by atoms with Crippen molar-refractivity contribution in [1.82, 2.24) is 4.90 Å². The van der Waals surface area contributed by atoms with Crippen LogP contribution in [0.2, 0.25) is 0 Å². The van der Waals surface area contributed by atoms with Crippen LogP contribution in [0.4, 0.5) is 0 Å². The second kappa shape index (κ2) is 4.84. The van der Waals surface area contributed by atoms with Crippen molar-refractivity contribution in [1.29, 1.82) is 0 Å². The van der Waals surface area contributed by atoms with Crippen molar-refractivity contribution in [3.05, 3.63) is 0 Å². The van der Waals surface area contributed by atoms with Gasteiger partial charge in [-0.05, 0) is 31.1 Å². The maximum atomic E-state index is 10.2. The predicted molar refractivity (Wildman–Crippen MR) is 65.0 cm³/mol. The minimum atomic E-state index is -0.451. The van der Waals surface area contributed by atoms with Crippen LogP contribution in [0.5, 0.6) is 0 Å². The van der Waals surface area contributed by atoms with E-state index in [9.17, 15) is 5.11 Å². The van der Waals surface area contributed by atoms with Gasteiger partial charge in [0, 0.05) is 19.6 Å². The van der Waals surface area contributed by atoms with E-state index in [4.69, 9.17) is 0 Å². The number of β-amino-alcohol motifs (C(OH)–C–C–N with tert-alkyl or cyclic N) is 1. The molecule has 0 aromatic heterocycles. The van der Waals surface area contributed by atoms with E-state index in [0.29, 0.717) is 5.41 Å². The third-order valence-corrected chi connectivity index (χ3v) is 4.45. The lowest BCUT2D eigenvalue weighted by Crippen LogP contribution is -2.59. The smallest absolute Gasteiger partial charge is 0.0768 e. The van der Waals surface area contributed by atoms with E-state index in [-0.39, 0.29) is 0 Å². The number of rotatable bonds is 6. The first kappa shape index (κ1) is 13.0. The zero-order valence-electron chi connectivity index (χ0n) is 10.8. The minimum Gasteiger partial charge on any atom is -0.389 e. The van der Waals surface area contributed by atoms with Gasteiger partial charge in [-0.3, -0.25) is 4.90 Å². The molecule has 2 heteroatoms. The Balaban J connectivity index is 2.39. The molecule has 1 aliphatic rings. The van der Waals surface area contributed by atoms with Crippen molar-refractivity contribution < 1.29 is 5.11 Å². The average Bonchev–Trinajstić information content (AvgIpc) is 2.22. The quantitative estimate of drug-likeness (QED) is 0.733. The molecule has 1 saturated heterocycles. The van der Waals surface area contributed by atoms with E-state index < -0.39 is 5.60 Å². The summed E-state index contributed by atoms with van der Waals surface area (Å²) in [5, 5.41) is 10.2. The molecule has 0 aliphatic carbocycles. The highest BCUT2D eigenvalue weighted by Gasteiger charge is 2.42. The third-order valence-electron chi connectivity index (χ3n) is 4.45. The molecule has 90 valence electrons. The zero-order chi connectivity index (χ0) is 11.5. The van der Waals surface area contributed by atoms with Crippen molar-refractivity contribution in [2.24, 2.45) is 5.41 Å². The first-order valence-corrected chi connectivity index (χ1v) is 6.48. The van der Waals surface area contributed by atoms with E-state index in [0.717, 1.165) is 19.4 Å². The van der Waals surface area contributed by atoms with Gasteiger partial charge in [-0.1, -0.05) is 27.7 Å². The highest BCUT2D eigenvalue weighted by atomic mass is 16.3. The Morgan fingerprint density at radius 1 is 1.07 bits per heavy atom. The Morgan fingerprint density at radius 3 is 1.87 bits per heavy atom. The lowest BCUT2D eigenvalue weighted by Gasteiger charge is -2.52. The second-order valence-corrected chi connectivity index (χ2v) is 5.28. The maximum absolute atomic E-state index is 10.2. The van der Waals surface area contributed by atoms with Crippen LogP contribution in [0.1, 0.15) is 53.4 Å². The summed E-state index contributed by atoms with van der Waals surface area (Å²) in [6.45, 7) is 12.0. The molecule has 0 spiro atoms. The monoisotopic (exact) mass is 213 g/mol. The van der Waals surface area contributed by atoms with Crippen molar-refractivity contribution >= 4 is 0 Å². The van der Waals surface area contributed by atoms with Crippen LogP contribution >= 0.6 is 0 Å². The van der Waals surface area contributed by atoms with E-state index in [2.05, 4.69) is 32.6 Å². The molecule has 1 aliphatic heterocycles. The van der Waals surface area contributed by atoms with Gasteiger partial charge in [0.05, 0.1) is 5.60 Å². The normalized spacial score (nSPS) is 21.4. The lowest BCUT2D eigenvalue weighted by atomic mass is 9.74. The first-order chi connectivity index (χ1) is 7.03. The van der Waals surface area contributed by atoms with Gasteiger partial charge in [-0.2, -0.15) is 0 Å². The Bertz CT molecular complexity index is 187. The highest BCUT2D eigenvalue weighted by molar-refractivity contribution is 4.95. The molecular weight excluding hydrogens is 186 g/mol. The van der Waals surface area contributed by atoms with Crippen LogP contribution in [0.15, 0.2) is 0 Å².